The number of nitrogens with one attached hydrogen (secondary N) is 2. The van der Waals surface area contributed by atoms with Crippen molar-refractivity contribution in [3.05, 3.63) is 53.6 Å². The number of benzene rings is 2. The van der Waals surface area contributed by atoms with Gasteiger partial charge >= 0.3 is 10.4 Å². The second-order valence-electron chi connectivity index (χ2n) is 9.84. The Morgan fingerprint density at radius 2 is 1.56 bits per heavy atom. The van der Waals surface area contributed by atoms with Crippen molar-refractivity contribution < 1.29 is 47.8 Å². The highest BCUT2D eigenvalue weighted by Gasteiger charge is 2.20. The first kappa shape index (κ1) is 40.3. The Morgan fingerprint density at radius 3 is 2.18 bits per heavy atom. The Balaban J connectivity index is 1.92. The van der Waals surface area contributed by atoms with E-state index in [4.69, 9.17) is 13.8 Å². The van der Waals surface area contributed by atoms with E-state index in [1.807, 2.05) is 6.07 Å². The molecule has 0 bridgehead atoms. The van der Waals surface area contributed by atoms with E-state index in [0.717, 1.165) is 6.07 Å². The van der Waals surface area contributed by atoms with Crippen LogP contribution in [0.2, 0.25) is 0 Å². The molecule has 2 atom stereocenters. The fraction of sp³-hybridized carbons (Fsp3) is 0.333. The highest BCUT2D eigenvalue weighted by Crippen LogP contribution is 2.37. The van der Waals surface area contributed by atoms with Crippen molar-refractivity contribution in [1.29, 1.82) is 5.26 Å². The Morgan fingerprint density at radius 1 is 0.900 bits per heavy atom. The lowest BCUT2D eigenvalue weighted by molar-refractivity contribution is 0.198. The number of pyridine rings is 1. The summed E-state index contributed by atoms with van der Waals surface area (Å²) in [6.45, 7) is 1.89. The molecule has 0 saturated heterocycles. The van der Waals surface area contributed by atoms with Gasteiger partial charge in [0.15, 0.2) is 16.9 Å². The van der Waals surface area contributed by atoms with Gasteiger partial charge in [0.2, 0.25) is 0 Å². The van der Waals surface area contributed by atoms with Crippen LogP contribution in [0.4, 0.5) is 34.4 Å². The van der Waals surface area contributed by atoms with Gasteiger partial charge in [0.05, 0.1) is 28.4 Å². The SMILES string of the molecule is COCCCNc1nc(NCCS(=O)CCOS(=O)(=O)O)c(C#N)c(C)c1N=Nc1ccc(N=Nc2ccc(S(=O)O)cc2)cc1S(=O)(=O)O. The fourth-order valence-corrected chi connectivity index (χ4v) is 6.16. The Kier molecular flexibility index (Phi) is 15.1. The number of hydrogen-bond acceptors (Lipinski definition) is 16. The smallest absolute Gasteiger partial charge is 0.385 e. The molecule has 2 aromatic carbocycles. The zero-order valence-corrected chi connectivity index (χ0v) is 29.7. The van der Waals surface area contributed by atoms with Crippen LogP contribution in [0.5, 0.6) is 0 Å². The van der Waals surface area contributed by atoms with Gasteiger partial charge in [-0.15, -0.1) is 10.2 Å². The molecule has 19 nitrogen and oxygen atoms in total. The zero-order chi connectivity index (χ0) is 36.9. The second kappa shape index (κ2) is 18.8. The van der Waals surface area contributed by atoms with Crippen molar-refractivity contribution in [3.8, 4) is 6.07 Å². The number of ether oxygens (including phenoxy) is 1. The molecule has 1 aromatic heterocycles. The minimum absolute atomic E-state index is 0.0184. The number of nitriles is 1. The first-order valence-corrected chi connectivity index (χ1v) is 19.6. The second-order valence-corrected chi connectivity index (χ2v) is 15.0. The van der Waals surface area contributed by atoms with Crippen molar-refractivity contribution in [2.45, 2.75) is 23.1 Å². The van der Waals surface area contributed by atoms with E-state index in [9.17, 15) is 35.1 Å². The van der Waals surface area contributed by atoms with Crippen LogP contribution in [-0.4, -0.2) is 88.8 Å². The van der Waals surface area contributed by atoms with Crippen LogP contribution in [0, 0.1) is 18.3 Å². The molecule has 0 aliphatic carbocycles. The first-order chi connectivity index (χ1) is 23.6. The van der Waals surface area contributed by atoms with Crippen molar-refractivity contribution in [2.24, 2.45) is 20.5 Å². The molecule has 50 heavy (non-hydrogen) atoms. The molecule has 270 valence electrons. The van der Waals surface area contributed by atoms with Gasteiger partial charge in [0, 0.05) is 54.7 Å². The summed E-state index contributed by atoms with van der Waals surface area (Å²) in [5.41, 5.74) is 0.472. The summed E-state index contributed by atoms with van der Waals surface area (Å²) < 4.78 is 106. The quantitative estimate of drug-likeness (QED) is 0.0490. The monoisotopic (exact) mass is 772 g/mol. The number of azo groups is 2. The summed E-state index contributed by atoms with van der Waals surface area (Å²) in [5, 5.41) is 32.1. The highest BCUT2D eigenvalue weighted by molar-refractivity contribution is 7.86. The minimum atomic E-state index is -4.85. The lowest BCUT2D eigenvalue weighted by atomic mass is 10.1. The van der Waals surface area contributed by atoms with Crippen LogP contribution in [0.1, 0.15) is 17.5 Å². The van der Waals surface area contributed by atoms with E-state index < -0.39 is 53.9 Å². The Labute approximate surface area is 292 Å². The predicted octanol–water partition coefficient (Wildman–Crippen LogP) is 4.35. The third-order valence-corrected chi connectivity index (χ3v) is 9.61. The lowest BCUT2D eigenvalue weighted by Crippen LogP contribution is -2.18. The predicted molar refractivity (Wildman–Crippen MR) is 183 cm³/mol. The summed E-state index contributed by atoms with van der Waals surface area (Å²) in [5.74, 6) is 0.104. The van der Waals surface area contributed by atoms with Gasteiger partial charge in [-0.1, -0.05) is 0 Å². The van der Waals surface area contributed by atoms with Gasteiger partial charge in [-0.05, 0) is 55.8 Å². The fourth-order valence-electron chi connectivity index (χ4n) is 3.95. The van der Waals surface area contributed by atoms with Gasteiger partial charge < -0.3 is 19.9 Å². The van der Waals surface area contributed by atoms with Crippen LogP contribution >= 0.6 is 0 Å². The van der Waals surface area contributed by atoms with Crippen molar-refractivity contribution in [2.75, 3.05) is 55.6 Å². The molecule has 5 N–H and O–H groups in total. The molecule has 23 heteroatoms. The summed E-state index contributed by atoms with van der Waals surface area (Å²) in [4.78, 5) is 3.97. The molecule has 1 heterocycles. The standard InChI is InChI=1S/C27H32N8O11S4/c1-18-22(17-28)26(30-11-14-47(36)15-13-46-50(42,43)44)31-27(29-10-3-12-45-2)25(18)35-34-23-9-6-20(16-24(23)49(39,40)41)33-32-19-4-7-21(8-5-19)48(37)38/h4-9,16H,3,10-15H2,1-2H3,(H,37,38)(H2,29,30,31)(H,39,40,41)(H,42,43,44). The molecule has 3 rings (SSSR count). The lowest BCUT2D eigenvalue weighted by Gasteiger charge is -2.15. The maximum Gasteiger partial charge on any atom is 0.397 e. The molecule has 3 aromatic rings. The molecule has 0 amide bonds. The van der Waals surface area contributed by atoms with Gasteiger partial charge in [0.25, 0.3) is 10.1 Å². The van der Waals surface area contributed by atoms with Gasteiger partial charge in [-0.25, -0.2) is 13.4 Å². The maximum atomic E-state index is 12.3. The third kappa shape index (κ3) is 12.6. The van der Waals surface area contributed by atoms with E-state index in [1.165, 1.54) is 43.5 Å². The number of aromatic nitrogens is 1. The molecular formula is C27H32N8O11S4. The number of anilines is 2. The summed E-state index contributed by atoms with van der Waals surface area (Å²) in [7, 11) is -9.52. The van der Waals surface area contributed by atoms with E-state index in [1.54, 1.807) is 6.92 Å². The topological polar surface area (TPSA) is 292 Å². The van der Waals surface area contributed by atoms with Crippen LogP contribution < -0.4 is 10.6 Å². The van der Waals surface area contributed by atoms with Crippen LogP contribution in [0.15, 0.2) is 72.7 Å². The molecule has 0 aliphatic rings. The summed E-state index contributed by atoms with van der Waals surface area (Å²) >= 11 is -2.18. The van der Waals surface area contributed by atoms with E-state index >= 15 is 0 Å². The first-order valence-electron chi connectivity index (χ1n) is 14.2. The maximum absolute atomic E-state index is 12.3. The van der Waals surface area contributed by atoms with E-state index in [2.05, 4.69) is 40.3 Å². The molecule has 2 unspecified atom stereocenters. The molecule has 0 fully saturated rings. The summed E-state index contributed by atoms with van der Waals surface area (Å²) in [6, 6.07) is 11.2. The van der Waals surface area contributed by atoms with Gasteiger partial charge in [-0.3, -0.25) is 13.3 Å². The molecule has 0 aliphatic heterocycles. The van der Waals surface area contributed by atoms with E-state index in [0.29, 0.717) is 30.8 Å². The molecule has 0 spiro atoms. The molecular weight excluding hydrogens is 741 g/mol. The molecule has 0 saturated carbocycles. The Hall–Kier alpha value is -4.12. The van der Waals surface area contributed by atoms with Crippen molar-refractivity contribution in [3.63, 3.8) is 0 Å². The number of methoxy groups -OCH3 is 1. The summed E-state index contributed by atoms with van der Waals surface area (Å²) in [6.07, 6.45) is 0.551. The largest absolute Gasteiger partial charge is 0.397 e. The van der Waals surface area contributed by atoms with Crippen molar-refractivity contribution in [1.82, 2.24) is 4.98 Å². The van der Waals surface area contributed by atoms with Crippen LogP contribution in [0.3, 0.4) is 0 Å². The Bertz CT molecular complexity index is 2040. The number of rotatable bonds is 19. The minimum Gasteiger partial charge on any atom is -0.385 e. The average Bonchev–Trinajstić information content (AvgIpc) is 3.05. The number of nitrogens with zero attached hydrogens (tertiary/aromatic N) is 6. The van der Waals surface area contributed by atoms with Crippen LogP contribution in [-0.2, 0) is 51.3 Å². The average molecular weight is 773 g/mol. The normalized spacial score (nSPS) is 13.4. The number of hydrogen-bond donors (Lipinski definition) is 5. The van der Waals surface area contributed by atoms with Crippen molar-refractivity contribution >= 4 is 76.8 Å². The third-order valence-electron chi connectivity index (χ3n) is 6.31. The highest BCUT2D eigenvalue weighted by atomic mass is 32.3. The van der Waals surface area contributed by atoms with E-state index in [-0.39, 0.29) is 57.2 Å². The van der Waals surface area contributed by atoms with Gasteiger partial charge in [0.1, 0.15) is 28.2 Å². The van der Waals surface area contributed by atoms with Gasteiger partial charge in [-0.2, -0.15) is 32.3 Å². The molecule has 0 radical (unpaired) electrons. The zero-order valence-electron chi connectivity index (χ0n) is 26.4. The van der Waals surface area contributed by atoms with Crippen LogP contribution in [0.25, 0.3) is 0 Å².